The van der Waals surface area contributed by atoms with Crippen molar-refractivity contribution in [3.8, 4) is 0 Å². The molecule has 1 aliphatic heterocycles. The molecule has 2 heterocycles. The van der Waals surface area contributed by atoms with Crippen molar-refractivity contribution in [1.29, 1.82) is 0 Å². The summed E-state index contributed by atoms with van der Waals surface area (Å²) in [7, 11) is 0. The molecule has 168 valence electrons. The molecular weight excluding hydrogens is 434 g/mol. The molecule has 5 N–H and O–H groups in total. The summed E-state index contributed by atoms with van der Waals surface area (Å²) in [5.41, 5.74) is -0.0205. The number of hydrogen-bond donors (Lipinski definition) is 5. The highest BCUT2D eigenvalue weighted by Crippen LogP contribution is 2.37. The molecule has 0 saturated carbocycles. The van der Waals surface area contributed by atoms with Crippen LogP contribution in [0.4, 0.5) is 10.5 Å². The molecule has 0 radical (unpaired) electrons. The van der Waals surface area contributed by atoms with E-state index in [2.05, 4.69) is 20.9 Å². The fraction of sp³-hybridized carbons (Fsp3) is 0.286. The standard InChI is InChI=1S/C21H23N5O5S/c1-13(28)23-16-7-8-22-17(9-16)21(12-26(20(30)31)10-15(21)11-27)25-19(32)24-18(29)14-5-3-2-4-6-14/h2-9,15,27H,10-12H2,1H3,(H,30,31)(H,22,23,28)(H2,24,25,29,32). The molecule has 2 atom stereocenters. The Kier molecular flexibility index (Phi) is 7.01. The Hall–Kier alpha value is -3.57. The Morgan fingerprint density at radius 2 is 1.97 bits per heavy atom. The fourth-order valence-electron chi connectivity index (χ4n) is 3.73. The lowest BCUT2D eigenvalue weighted by Crippen LogP contribution is -2.56. The summed E-state index contributed by atoms with van der Waals surface area (Å²) in [5.74, 6) is -1.34. The number of amides is 3. The van der Waals surface area contributed by atoms with Crippen LogP contribution in [0.3, 0.4) is 0 Å². The van der Waals surface area contributed by atoms with Crippen LogP contribution in [0.2, 0.25) is 0 Å². The predicted octanol–water partition coefficient (Wildman–Crippen LogP) is 1.14. The number of carbonyl (C=O) groups excluding carboxylic acids is 2. The van der Waals surface area contributed by atoms with Crippen LogP contribution in [-0.2, 0) is 10.3 Å². The largest absolute Gasteiger partial charge is 0.465 e. The van der Waals surface area contributed by atoms with Gasteiger partial charge in [-0.25, -0.2) is 4.79 Å². The molecule has 1 aliphatic rings. The van der Waals surface area contributed by atoms with E-state index in [1.165, 1.54) is 13.1 Å². The number of benzene rings is 1. The van der Waals surface area contributed by atoms with Crippen molar-refractivity contribution < 1.29 is 24.6 Å². The number of aliphatic hydroxyl groups excluding tert-OH is 1. The maximum atomic E-state index is 12.5. The predicted molar refractivity (Wildman–Crippen MR) is 120 cm³/mol. The number of aromatic nitrogens is 1. The number of rotatable bonds is 5. The highest BCUT2D eigenvalue weighted by molar-refractivity contribution is 7.80. The van der Waals surface area contributed by atoms with E-state index < -0.39 is 23.5 Å². The van der Waals surface area contributed by atoms with Gasteiger partial charge in [0.15, 0.2) is 5.11 Å². The van der Waals surface area contributed by atoms with E-state index in [0.29, 0.717) is 16.9 Å². The first kappa shape index (κ1) is 23.1. The summed E-state index contributed by atoms with van der Waals surface area (Å²) in [6, 6.07) is 11.6. The highest BCUT2D eigenvalue weighted by atomic mass is 32.1. The van der Waals surface area contributed by atoms with E-state index in [1.807, 2.05) is 0 Å². The van der Waals surface area contributed by atoms with E-state index in [1.54, 1.807) is 42.5 Å². The molecule has 10 nitrogen and oxygen atoms in total. The first-order valence-electron chi connectivity index (χ1n) is 9.76. The van der Waals surface area contributed by atoms with Crippen LogP contribution >= 0.6 is 12.2 Å². The number of likely N-dealkylation sites (tertiary alicyclic amines) is 1. The van der Waals surface area contributed by atoms with Crippen molar-refractivity contribution in [3.63, 3.8) is 0 Å². The third kappa shape index (κ3) is 5.01. The second-order valence-corrected chi connectivity index (χ2v) is 7.81. The number of carbonyl (C=O) groups is 3. The van der Waals surface area contributed by atoms with Gasteiger partial charge < -0.3 is 25.7 Å². The SMILES string of the molecule is CC(=O)Nc1ccnc(C2(NC(=S)NC(=O)c3ccccc3)CN(C(=O)O)CC2CO)c1. The molecule has 0 bridgehead atoms. The second kappa shape index (κ2) is 9.71. The van der Waals surface area contributed by atoms with Gasteiger partial charge in [-0.05, 0) is 36.5 Å². The first-order valence-corrected chi connectivity index (χ1v) is 10.2. The number of nitrogens with zero attached hydrogens (tertiary/aromatic N) is 2. The molecule has 2 unspecified atom stereocenters. The summed E-state index contributed by atoms with van der Waals surface area (Å²) in [6.07, 6.45) is 0.303. The van der Waals surface area contributed by atoms with Gasteiger partial charge in [-0.3, -0.25) is 19.9 Å². The van der Waals surface area contributed by atoms with E-state index in [0.717, 1.165) is 4.90 Å². The number of thiocarbonyl (C=S) groups is 1. The maximum absolute atomic E-state index is 12.5. The Balaban J connectivity index is 1.94. The summed E-state index contributed by atoms with van der Waals surface area (Å²) >= 11 is 5.36. The van der Waals surface area contributed by atoms with Crippen LogP contribution < -0.4 is 16.0 Å². The second-order valence-electron chi connectivity index (χ2n) is 7.40. The van der Waals surface area contributed by atoms with Gasteiger partial charge in [0.25, 0.3) is 5.91 Å². The van der Waals surface area contributed by atoms with Gasteiger partial charge in [-0.2, -0.15) is 0 Å². The Labute approximate surface area is 189 Å². The van der Waals surface area contributed by atoms with Crippen LogP contribution in [0.5, 0.6) is 0 Å². The normalized spacial score (nSPS) is 19.8. The molecule has 3 amide bonds. The molecule has 1 aromatic heterocycles. The van der Waals surface area contributed by atoms with Crippen molar-refractivity contribution >= 4 is 40.9 Å². The van der Waals surface area contributed by atoms with Gasteiger partial charge in [0.1, 0.15) is 5.54 Å². The third-order valence-electron chi connectivity index (χ3n) is 5.21. The van der Waals surface area contributed by atoms with Crippen molar-refractivity contribution in [2.45, 2.75) is 12.5 Å². The molecule has 1 saturated heterocycles. The molecule has 11 heteroatoms. The zero-order valence-electron chi connectivity index (χ0n) is 17.2. The number of nitrogens with one attached hydrogen (secondary N) is 3. The molecule has 3 rings (SSSR count). The third-order valence-corrected chi connectivity index (χ3v) is 5.41. The number of aliphatic hydroxyl groups is 1. The maximum Gasteiger partial charge on any atom is 0.407 e. The van der Waals surface area contributed by atoms with Crippen LogP contribution in [0.15, 0.2) is 48.7 Å². The van der Waals surface area contributed by atoms with Crippen LogP contribution in [0, 0.1) is 5.92 Å². The average Bonchev–Trinajstić information content (AvgIpc) is 3.14. The summed E-state index contributed by atoms with van der Waals surface area (Å²) in [4.78, 5) is 41.2. The minimum absolute atomic E-state index is 0.0279. The summed E-state index contributed by atoms with van der Waals surface area (Å²) in [6.45, 7) is 0.949. The van der Waals surface area contributed by atoms with Gasteiger partial charge in [-0.15, -0.1) is 0 Å². The highest BCUT2D eigenvalue weighted by Gasteiger charge is 2.51. The number of anilines is 1. The average molecular weight is 458 g/mol. The van der Waals surface area contributed by atoms with Gasteiger partial charge in [0, 0.05) is 36.8 Å². The molecule has 32 heavy (non-hydrogen) atoms. The van der Waals surface area contributed by atoms with Crippen LogP contribution in [0.25, 0.3) is 0 Å². The quantitative estimate of drug-likeness (QED) is 0.421. The van der Waals surface area contributed by atoms with Crippen LogP contribution in [-0.4, -0.2) is 62.8 Å². The number of carboxylic acid groups (broad SMARTS) is 1. The Morgan fingerprint density at radius 3 is 2.59 bits per heavy atom. The van der Waals surface area contributed by atoms with E-state index in [4.69, 9.17) is 12.2 Å². The summed E-state index contributed by atoms with van der Waals surface area (Å²) in [5, 5.41) is 27.8. The number of hydrogen-bond acceptors (Lipinski definition) is 6. The molecule has 0 aliphatic carbocycles. The fourth-order valence-corrected chi connectivity index (χ4v) is 4.00. The minimum Gasteiger partial charge on any atom is -0.465 e. The van der Waals surface area contributed by atoms with E-state index in [-0.39, 0.29) is 30.7 Å². The Bertz CT molecular complexity index is 1030. The van der Waals surface area contributed by atoms with E-state index >= 15 is 0 Å². The zero-order chi connectivity index (χ0) is 23.3. The van der Waals surface area contributed by atoms with E-state index in [9.17, 15) is 24.6 Å². The summed E-state index contributed by atoms with van der Waals surface area (Å²) < 4.78 is 0. The molecule has 1 fully saturated rings. The molecule has 1 aromatic carbocycles. The van der Waals surface area contributed by atoms with Crippen molar-refractivity contribution in [2.75, 3.05) is 25.0 Å². The smallest absolute Gasteiger partial charge is 0.407 e. The Morgan fingerprint density at radius 1 is 1.25 bits per heavy atom. The van der Waals surface area contributed by atoms with Gasteiger partial charge >= 0.3 is 6.09 Å². The molecular formula is C21H23N5O5S. The first-order chi connectivity index (χ1) is 15.2. The lowest BCUT2D eigenvalue weighted by Gasteiger charge is -2.35. The van der Waals surface area contributed by atoms with Crippen molar-refractivity contribution in [2.24, 2.45) is 5.92 Å². The van der Waals surface area contributed by atoms with Gasteiger partial charge in [-0.1, -0.05) is 18.2 Å². The molecule has 2 aromatic rings. The van der Waals surface area contributed by atoms with Crippen molar-refractivity contribution in [3.05, 3.63) is 59.9 Å². The topological polar surface area (TPSA) is 144 Å². The van der Waals surface area contributed by atoms with Crippen molar-refractivity contribution in [1.82, 2.24) is 20.5 Å². The zero-order valence-corrected chi connectivity index (χ0v) is 18.1. The van der Waals surface area contributed by atoms with Crippen LogP contribution in [0.1, 0.15) is 23.0 Å². The molecule has 0 spiro atoms. The number of pyridine rings is 1. The monoisotopic (exact) mass is 457 g/mol. The minimum atomic E-state index is -1.23. The van der Waals surface area contributed by atoms with Gasteiger partial charge in [0.05, 0.1) is 18.8 Å². The van der Waals surface area contributed by atoms with Gasteiger partial charge in [0.2, 0.25) is 5.91 Å². The lowest BCUT2D eigenvalue weighted by atomic mass is 9.83. The lowest BCUT2D eigenvalue weighted by molar-refractivity contribution is -0.114.